The van der Waals surface area contributed by atoms with Gasteiger partial charge in [0.1, 0.15) is 17.5 Å². The van der Waals surface area contributed by atoms with Gasteiger partial charge in [-0.1, -0.05) is 52.0 Å². The van der Waals surface area contributed by atoms with Crippen molar-refractivity contribution in [2.45, 2.75) is 0 Å². The summed E-state index contributed by atoms with van der Waals surface area (Å²) in [5, 5.41) is 0.649. The first kappa shape index (κ1) is 21.7. The molecule has 0 unspecified atom stereocenters. The van der Waals surface area contributed by atoms with Gasteiger partial charge in [0.05, 0.1) is 8.32 Å². The Morgan fingerprint density at radius 1 is 0.600 bits per heavy atom. The van der Waals surface area contributed by atoms with Crippen LogP contribution in [0.2, 0.25) is 0 Å². The molecular weight excluding hydrogens is 377 g/mol. The quantitative estimate of drug-likeness (QED) is 0.378. The smallest absolute Gasteiger partial charge is 1.00 e. The third-order valence-electron chi connectivity index (χ3n) is 3.69. The fraction of sp³-hybridized carbons (Fsp3) is 0. The molecule has 3 aromatic carbocycles. The largest absolute Gasteiger partial charge is 2.00 e. The standard InChI is InChI=1S/C18H12F3OSi.ClH.Mg/c19-13-4-1-7-16(10-13)23(22,17-8-2-5-14(20)11-17)18-9-3-6-15(21)12-18;;/h1-12H;1H;/q-1;;+2/p-1. The van der Waals surface area contributed by atoms with Crippen LogP contribution in [0, 0.1) is 17.5 Å². The van der Waals surface area contributed by atoms with Crippen LogP contribution < -0.4 is 32.8 Å². The third kappa shape index (κ3) is 4.45. The molecule has 0 aromatic heterocycles. The average molecular weight is 389 g/mol. The summed E-state index contributed by atoms with van der Waals surface area (Å²) in [7, 11) is -3.94. The molecule has 0 saturated heterocycles. The van der Waals surface area contributed by atoms with Crippen LogP contribution in [0.1, 0.15) is 0 Å². The van der Waals surface area contributed by atoms with Crippen LogP contribution in [-0.4, -0.2) is 31.4 Å². The van der Waals surface area contributed by atoms with Gasteiger partial charge in [-0.25, -0.2) is 13.2 Å². The van der Waals surface area contributed by atoms with Crippen molar-refractivity contribution in [3.8, 4) is 0 Å². The van der Waals surface area contributed by atoms with Crippen molar-refractivity contribution in [1.82, 2.24) is 0 Å². The minimum atomic E-state index is -3.94. The molecule has 0 saturated carbocycles. The summed E-state index contributed by atoms with van der Waals surface area (Å²) < 4.78 is 40.9. The van der Waals surface area contributed by atoms with E-state index in [9.17, 15) is 18.0 Å². The summed E-state index contributed by atoms with van der Waals surface area (Å²) in [5.41, 5.74) is 0. The van der Waals surface area contributed by atoms with Crippen molar-refractivity contribution >= 4 is 46.9 Å². The molecule has 0 spiro atoms. The molecule has 0 radical (unpaired) electrons. The third-order valence-corrected chi connectivity index (χ3v) is 7.07. The predicted octanol–water partition coefficient (Wildman–Crippen LogP) is -1.95. The van der Waals surface area contributed by atoms with Crippen molar-refractivity contribution in [3.63, 3.8) is 0 Å². The van der Waals surface area contributed by atoms with Gasteiger partial charge in [0, 0.05) is 0 Å². The van der Waals surface area contributed by atoms with Crippen LogP contribution in [-0.2, 0) is 0 Å². The Bertz CT molecular complexity index is 752. The molecule has 0 fully saturated rings. The van der Waals surface area contributed by atoms with Crippen LogP contribution in [0.15, 0.2) is 72.8 Å². The summed E-state index contributed by atoms with van der Waals surface area (Å²) in [6.45, 7) is 0. The number of halogens is 4. The van der Waals surface area contributed by atoms with Gasteiger partial charge in [0.2, 0.25) is 0 Å². The van der Waals surface area contributed by atoms with Gasteiger partial charge in [0.15, 0.2) is 0 Å². The van der Waals surface area contributed by atoms with Crippen LogP contribution >= 0.6 is 0 Å². The fourth-order valence-electron chi connectivity index (χ4n) is 2.62. The number of benzene rings is 3. The normalized spacial score (nSPS) is 10.6. The first-order valence-corrected chi connectivity index (χ1v) is 8.89. The average Bonchev–Trinajstić information content (AvgIpc) is 2.54. The van der Waals surface area contributed by atoms with Crippen LogP contribution in [0.3, 0.4) is 0 Å². The molecular formula is C18H12ClF3MgOSi. The van der Waals surface area contributed by atoms with Crippen molar-refractivity contribution < 1.29 is 30.4 Å². The van der Waals surface area contributed by atoms with Gasteiger partial charge in [-0.2, -0.15) is 0 Å². The molecule has 3 rings (SSSR count). The maximum Gasteiger partial charge on any atom is 2.00 e. The van der Waals surface area contributed by atoms with Gasteiger partial charge in [-0.3, -0.25) is 0 Å². The number of hydrogen-bond acceptors (Lipinski definition) is 1. The van der Waals surface area contributed by atoms with Crippen LogP contribution in [0.5, 0.6) is 0 Å². The minimum Gasteiger partial charge on any atom is -1.00 e. The van der Waals surface area contributed by atoms with E-state index in [0.29, 0.717) is 0 Å². The van der Waals surface area contributed by atoms with E-state index in [0.717, 1.165) is 18.2 Å². The molecule has 0 amide bonds. The number of hydrogen-bond donors (Lipinski definition) is 0. The SMILES string of the molecule is [Cl-].[Mg+2].[O-][Si](c1cccc(F)c1)(c1cccc(F)c1)c1cccc(F)c1. The van der Waals surface area contributed by atoms with Gasteiger partial charge >= 0.3 is 23.1 Å². The zero-order valence-electron chi connectivity index (χ0n) is 13.1. The van der Waals surface area contributed by atoms with Gasteiger partial charge in [0.25, 0.3) is 0 Å². The van der Waals surface area contributed by atoms with Crippen LogP contribution in [0.4, 0.5) is 13.2 Å². The summed E-state index contributed by atoms with van der Waals surface area (Å²) in [6.07, 6.45) is 0. The Hall–Kier alpha value is -1.32. The second-order valence-electron chi connectivity index (χ2n) is 5.21. The molecule has 0 bridgehead atoms. The maximum atomic E-state index is 13.8. The molecule has 0 aliphatic rings. The van der Waals surface area contributed by atoms with Crippen molar-refractivity contribution in [2.75, 3.05) is 0 Å². The van der Waals surface area contributed by atoms with E-state index in [1.54, 1.807) is 0 Å². The van der Waals surface area contributed by atoms with E-state index in [-0.39, 0.29) is 51.0 Å². The minimum absolute atomic E-state index is 0. The van der Waals surface area contributed by atoms with E-state index in [4.69, 9.17) is 0 Å². The molecule has 0 atom stereocenters. The zero-order chi connectivity index (χ0) is 16.4. The molecule has 0 aliphatic carbocycles. The fourth-order valence-corrected chi connectivity index (χ4v) is 5.64. The molecule has 3 aromatic rings. The Balaban J connectivity index is 0.00000156. The van der Waals surface area contributed by atoms with Crippen molar-refractivity contribution in [1.29, 1.82) is 0 Å². The molecule has 0 aliphatic heterocycles. The first-order valence-electron chi connectivity index (χ1n) is 6.99. The van der Waals surface area contributed by atoms with Gasteiger partial charge in [-0.05, 0) is 36.4 Å². The summed E-state index contributed by atoms with van der Waals surface area (Å²) >= 11 is 0. The van der Waals surface area contributed by atoms with E-state index in [2.05, 4.69) is 0 Å². The zero-order valence-corrected chi connectivity index (χ0v) is 16.2. The van der Waals surface area contributed by atoms with Crippen LogP contribution in [0.25, 0.3) is 0 Å². The molecule has 0 N–H and O–H groups in total. The molecule has 25 heavy (non-hydrogen) atoms. The summed E-state index contributed by atoms with van der Waals surface area (Å²) in [5.74, 6) is -1.66. The van der Waals surface area contributed by atoms with Crippen molar-refractivity contribution in [2.24, 2.45) is 0 Å². The molecule has 7 heteroatoms. The molecule has 0 heterocycles. The topological polar surface area (TPSA) is 23.1 Å². The van der Waals surface area contributed by atoms with E-state index >= 15 is 0 Å². The molecule has 1 nitrogen and oxygen atoms in total. The monoisotopic (exact) mass is 388 g/mol. The second kappa shape index (κ2) is 8.87. The van der Waals surface area contributed by atoms with Crippen molar-refractivity contribution in [3.05, 3.63) is 90.2 Å². The van der Waals surface area contributed by atoms with Gasteiger partial charge < -0.3 is 17.2 Å². The Morgan fingerprint density at radius 2 is 0.880 bits per heavy atom. The predicted molar refractivity (Wildman–Crippen MR) is 89.6 cm³/mol. The van der Waals surface area contributed by atoms with E-state index in [1.807, 2.05) is 0 Å². The van der Waals surface area contributed by atoms with E-state index in [1.165, 1.54) is 54.6 Å². The Morgan fingerprint density at radius 3 is 1.12 bits per heavy atom. The maximum absolute atomic E-state index is 13.8. The molecule has 124 valence electrons. The Labute approximate surface area is 167 Å². The summed E-state index contributed by atoms with van der Waals surface area (Å²) in [6, 6.07) is 16.0. The van der Waals surface area contributed by atoms with E-state index < -0.39 is 25.8 Å². The first-order chi connectivity index (χ1) is 11.0. The van der Waals surface area contributed by atoms with Gasteiger partial charge in [-0.15, -0.1) is 0 Å². The second-order valence-corrected chi connectivity index (χ2v) is 8.31. The Kier molecular flexibility index (Phi) is 7.70. The summed E-state index contributed by atoms with van der Waals surface area (Å²) in [4.78, 5) is 13.8. The number of rotatable bonds is 3.